The van der Waals surface area contributed by atoms with Crippen molar-refractivity contribution >= 4 is 11.7 Å². The molecule has 4 rings (SSSR count). The zero-order chi connectivity index (χ0) is 27.3. The Kier molecular flexibility index (Phi) is 7.80. The van der Waals surface area contributed by atoms with Crippen molar-refractivity contribution in [2.75, 3.05) is 20.3 Å². The number of Topliss-reactive ketones (excluding diaryl/α,β-unsaturated/α-hetero) is 1. The third-order valence-corrected chi connectivity index (χ3v) is 10.1. The number of hydrogen-bond donors (Lipinski definition) is 5. The minimum atomic E-state index is -1.50. The zero-order valence-corrected chi connectivity index (χ0v) is 22.4. The summed E-state index contributed by atoms with van der Waals surface area (Å²) in [6, 6.07) is 0. The lowest BCUT2D eigenvalue weighted by atomic mass is 9.46. The maximum absolute atomic E-state index is 13.5. The van der Waals surface area contributed by atoms with E-state index in [0.29, 0.717) is 19.3 Å². The van der Waals surface area contributed by atoms with Gasteiger partial charge in [0.1, 0.15) is 18.1 Å². The summed E-state index contributed by atoms with van der Waals surface area (Å²) in [5.41, 5.74) is 0.917. The van der Waals surface area contributed by atoms with E-state index in [1.807, 2.05) is 13.0 Å². The van der Waals surface area contributed by atoms with Crippen LogP contribution in [0.2, 0.25) is 0 Å². The van der Waals surface area contributed by atoms with Crippen LogP contribution in [0.1, 0.15) is 59.3 Å². The molecule has 0 aromatic heterocycles. The second kappa shape index (κ2) is 10.2. The van der Waals surface area contributed by atoms with Crippen molar-refractivity contribution < 1.29 is 39.5 Å². The predicted molar refractivity (Wildman–Crippen MR) is 135 cm³/mol. The molecular formula is C28H43NO8. The molecule has 37 heavy (non-hydrogen) atoms. The zero-order valence-electron chi connectivity index (χ0n) is 22.4. The number of ether oxygens (including phenoxy) is 2. The van der Waals surface area contributed by atoms with Crippen LogP contribution in [0, 0.1) is 28.1 Å². The molecule has 2 fully saturated rings. The molecule has 1 heterocycles. The first-order valence-electron chi connectivity index (χ1n) is 13.4. The number of rotatable bonds is 6. The van der Waals surface area contributed by atoms with Crippen LogP contribution in [-0.2, 0) is 19.1 Å². The molecule has 208 valence electrons. The van der Waals surface area contributed by atoms with Crippen molar-refractivity contribution in [3.63, 3.8) is 0 Å². The summed E-state index contributed by atoms with van der Waals surface area (Å²) in [6.45, 7) is 9.68. The molecule has 9 heteroatoms. The van der Waals surface area contributed by atoms with Crippen LogP contribution in [0.4, 0.5) is 0 Å². The highest BCUT2D eigenvalue weighted by molar-refractivity contribution is 5.98. The standard InChI is InChI=1S/C28H43NO8/c1-6-26(2)9-7-16-15(12-26)17(31)11-19-27(16,3)10-8-20(32)28(19,4)14-36-25-21(24(35)29-5)23(34)22(33)18(13-30)37-25/h6,18-23,25,30,32-34H,1,7-14H2,2-5H3,(H,29,35). The minimum absolute atomic E-state index is 0.0200. The number of fused-ring (bicyclic) bond motifs is 2. The summed E-state index contributed by atoms with van der Waals surface area (Å²) in [6.07, 6.45) is -0.0806. The van der Waals surface area contributed by atoms with Gasteiger partial charge in [-0.2, -0.15) is 0 Å². The van der Waals surface area contributed by atoms with E-state index in [-0.39, 0.29) is 29.1 Å². The van der Waals surface area contributed by atoms with E-state index < -0.39 is 54.6 Å². The molecular weight excluding hydrogens is 478 g/mol. The summed E-state index contributed by atoms with van der Waals surface area (Å²) in [5, 5.41) is 44.3. The Morgan fingerprint density at radius 1 is 1.22 bits per heavy atom. The summed E-state index contributed by atoms with van der Waals surface area (Å²) in [4.78, 5) is 26.1. The van der Waals surface area contributed by atoms with Crippen LogP contribution in [0.25, 0.3) is 0 Å². The van der Waals surface area contributed by atoms with Crippen LogP contribution in [-0.4, -0.2) is 83.1 Å². The van der Waals surface area contributed by atoms with Gasteiger partial charge in [0.15, 0.2) is 12.1 Å². The maximum Gasteiger partial charge on any atom is 0.230 e. The number of carbonyl (C=O) groups is 2. The second-order valence-electron chi connectivity index (χ2n) is 12.3. The van der Waals surface area contributed by atoms with E-state index in [0.717, 1.165) is 24.8 Å². The highest BCUT2D eigenvalue weighted by atomic mass is 16.7. The number of aliphatic hydroxyl groups excluding tert-OH is 4. The number of ketones is 1. The van der Waals surface area contributed by atoms with Crippen LogP contribution >= 0.6 is 0 Å². The molecule has 1 saturated carbocycles. The van der Waals surface area contributed by atoms with Gasteiger partial charge in [-0.15, -0.1) is 6.58 Å². The fourth-order valence-electron chi connectivity index (χ4n) is 7.39. The van der Waals surface area contributed by atoms with Crippen molar-refractivity contribution in [2.45, 2.75) is 90.0 Å². The van der Waals surface area contributed by atoms with E-state index in [1.165, 1.54) is 12.6 Å². The number of hydrogen-bond acceptors (Lipinski definition) is 8. The lowest BCUT2D eigenvalue weighted by Gasteiger charge is -2.59. The minimum Gasteiger partial charge on any atom is -0.394 e. The highest BCUT2D eigenvalue weighted by Crippen LogP contribution is 2.62. The second-order valence-corrected chi connectivity index (χ2v) is 12.3. The van der Waals surface area contributed by atoms with Crippen molar-refractivity contribution in [1.82, 2.24) is 5.32 Å². The number of aliphatic hydroxyl groups is 4. The number of amides is 1. The Balaban J connectivity index is 1.63. The SMILES string of the molecule is C=CC1(C)CCC2=C(C1)C(=O)CC1C2(C)CCC(O)C1(C)COC1OC(CO)C(O)C(O)C1C(=O)NC. The molecule has 1 saturated heterocycles. The molecule has 0 aromatic carbocycles. The van der Waals surface area contributed by atoms with Crippen LogP contribution in [0.5, 0.6) is 0 Å². The van der Waals surface area contributed by atoms with Gasteiger partial charge in [0.05, 0.1) is 25.4 Å². The Morgan fingerprint density at radius 3 is 2.54 bits per heavy atom. The third-order valence-electron chi connectivity index (χ3n) is 10.1. The summed E-state index contributed by atoms with van der Waals surface area (Å²) in [5.74, 6) is -1.87. The highest BCUT2D eigenvalue weighted by Gasteiger charge is 2.59. The van der Waals surface area contributed by atoms with Crippen molar-refractivity contribution in [3.05, 3.63) is 23.8 Å². The summed E-state index contributed by atoms with van der Waals surface area (Å²) < 4.78 is 11.9. The van der Waals surface area contributed by atoms with E-state index in [2.05, 4.69) is 25.7 Å². The van der Waals surface area contributed by atoms with Crippen LogP contribution < -0.4 is 5.32 Å². The van der Waals surface area contributed by atoms with Gasteiger partial charge in [-0.1, -0.05) is 32.4 Å². The van der Waals surface area contributed by atoms with Gasteiger partial charge < -0.3 is 35.2 Å². The third kappa shape index (κ3) is 4.61. The van der Waals surface area contributed by atoms with Gasteiger partial charge in [-0.05, 0) is 54.4 Å². The lowest BCUT2D eigenvalue weighted by Crippen LogP contribution is -2.61. The summed E-state index contributed by atoms with van der Waals surface area (Å²) >= 11 is 0. The fourth-order valence-corrected chi connectivity index (χ4v) is 7.39. The van der Waals surface area contributed by atoms with Gasteiger partial charge in [0.25, 0.3) is 0 Å². The average molecular weight is 522 g/mol. The topological polar surface area (TPSA) is 146 Å². The molecule has 10 unspecified atom stereocenters. The summed E-state index contributed by atoms with van der Waals surface area (Å²) in [7, 11) is 1.41. The molecule has 0 bridgehead atoms. The Labute approximate surface area is 218 Å². The molecule has 1 amide bonds. The molecule has 4 aliphatic rings. The average Bonchev–Trinajstić information content (AvgIpc) is 2.88. The normalized spacial score (nSPS) is 46.2. The first-order chi connectivity index (χ1) is 17.3. The number of allylic oxidation sites excluding steroid dienone is 3. The molecule has 9 nitrogen and oxygen atoms in total. The Hall–Kier alpha value is -1.62. The number of nitrogens with one attached hydrogen (secondary N) is 1. The van der Waals surface area contributed by atoms with Crippen molar-refractivity contribution in [1.29, 1.82) is 0 Å². The maximum atomic E-state index is 13.5. The van der Waals surface area contributed by atoms with E-state index in [4.69, 9.17) is 9.47 Å². The predicted octanol–water partition coefficient (Wildman–Crippen LogP) is 1.23. The molecule has 0 spiro atoms. The van der Waals surface area contributed by atoms with Gasteiger partial charge in [0.2, 0.25) is 5.91 Å². The van der Waals surface area contributed by atoms with Gasteiger partial charge in [-0.25, -0.2) is 0 Å². The lowest BCUT2D eigenvalue weighted by molar-refractivity contribution is -0.292. The monoisotopic (exact) mass is 521 g/mol. The molecule has 5 N–H and O–H groups in total. The Morgan fingerprint density at radius 2 is 1.92 bits per heavy atom. The fraction of sp³-hybridized carbons (Fsp3) is 0.786. The quantitative estimate of drug-likeness (QED) is 0.328. The largest absolute Gasteiger partial charge is 0.394 e. The van der Waals surface area contributed by atoms with Crippen LogP contribution in [0.15, 0.2) is 23.8 Å². The molecule has 0 radical (unpaired) electrons. The van der Waals surface area contributed by atoms with Crippen LogP contribution in [0.3, 0.4) is 0 Å². The first-order valence-corrected chi connectivity index (χ1v) is 13.4. The van der Waals surface area contributed by atoms with Crippen molar-refractivity contribution in [2.24, 2.45) is 28.1 Å². The first kappa shape index (κ1) is 28.4. The van der Waals surface area contributed by atoms with Gasteiger partial charge >= 0.3 is 0 Å². The molecule has 3 aliphatic carbocycles. The van der Waals surface area contributed by atoms with Crippen molar-refractivity contribution in [3.8, 4) is 0 Å². The van der Waals surface area contributed by atoms with E-state index in [9.17, 15) is 30.0 Å². The number of carbonyl (C=O) groups excluding carboxylic acids is 2. The molecule has 0 aromatic rings. The Bertz CT molecular complexity index is 966. The molecule has 10 atom stereocenters. The molecule has 1 aliphatic heterocycles. The van der Waals surface area contributed by atoms with Gasteiger partial charge in [0, 0.05) is 18.9 Å². The van der Waals surface area contributed by atoms with E-state index >= 15 is 0 Å². The smallest absolute Gasteiger partial charge is 0.230 e. The van der Waals surface area contributed by atoms with E-state index in [1.54, 1.807) is 0 Å². The van der Waals surface area contributed by atoms with Gasteiger partial charge in [-0.3, -0.25) is 9.59 Å².